The summed E-state index contributed by atoms with van der Waals surface area (Å²) in [7, 11) is -3.09. The van der Waals surface area contributed by atoms with E-state index in [9.17, 15) is 23.1 Å². The van der Waals surface area contributed by atoms with Crippen LogP contribution in [0.1, 0.15) is 45.4 Å². The monoisotopic (exact) mass is 276 g/mol. The fraction of sp³-hybridized carbons (Fsp3) is 0.833. The van der Waals surface area contributed by atoms with Crippen molar-refractivity contribution >= 4 is 21.6 Å². The Morgan fingerprint density at radius 3 is 2.56 bits per heavy atom. The maximum absolute atomic E-state index is 11.9. The third-order valence-corrected chi connectivity index (χ3v) is 5.49. The first-order chi connectivity index (χ1) is 8.34. The zero-order valence-electron chi connectivity index (χ0n) is 10.6. The van der Waals surface area contributed by atoms with Crippen molar-refractivity contribution in [1.29, 1.82) is 0 Å². The average Bonchev–Trinajstić information content (AvgIpc) is 2.31. The predicted molar refractivity (Wildman–Crippen MR) is 67.1 cm³/mol. The van der Waals surface area contributed by atoms with Gasteiger partial charge >= 0.3 is 5.97 Å². The molecule has 0 bridgehead atoms. The summed E-state index contributed by atoms with van der Waals surface area (Å²) in [5.74, 6) is -1.32. The molecule has 0 aliphatic heterocycles. The number of aliphatic carboxylic acids is 1. The van der Waals surface area contributed by atoms with Crippen molar-refractivity contribution < 1.29 is 23.1 Å². The molecule has 1 aliphatic carbocycles. The SMILES string of the molecule is CCS(=O)(=O)CCCC1(C(=O)O)CCCCC1=O. The molecular weight excluding hydrogens is 256 g/mol. The lowest BCUT2D eigenvalue weighted by Gasteiger charge is -2.31. The molecule has 0 amide bonds. The van der Waals surface area contributed by atoms with Gasteiger partial charge in [-0.3, -0.25) is 9.59 Å². The summed E-state index contributed by atoms with van der Waals surface area (Å²) in [5.41, 5.74) is -1.33. The molecule has 18 heavy (non-hydrogen) atoms. The highest BCUT2D eigenvalue weighted by molar-refractivity contribution is 7.91. The number of ketones is 1. The Bertz CT molecular complexity index is 426. The average molecular weight is 276 g/mol. The first-order valence-electron chi connectivity index (χ1n) is 6.31. The number of carboxylic acids is 1. The van der Waals surface area contributed by atoms with Gasteiger partial charge in [0.2, 0.25) is 0 Å². The molecule has 1 unspecified atom stereocenters. The van der Waals surface area contributed by atoms with Crippen LogP contribution in [0.25, 0.3) is 0 Å². The van der Waals surface area contributed by atoms with E-state index in [-0.39, 0.29) is 30.1 Å². The Labute approximate surface area is 107 Å². The Hall–Kier alpha value is -0.910. The summed E-state index contributed by atoms with van der Waals surface area (Å²) in [4.78, 5) is 23.2. The molecule has 1 aliphatic rings. The van der Waals surface area contributed by atoms with Crippen molar-refractivity contribution in [1.82, 2.24) is 0 Å². The first kappa shape index (κ1) is 15.1. The van der Waals surface area contributed by atoms with Gasteiger partial charge in [-0.25, -0.2) is 8.42 Å². The van der Waals surface area contributed by atoms with Crippen LogP contribution < -0.4 is 0 Å². The predicted octanol–water partition coefficient (Wildman–Crippen LogP) is 1.42. The van der Waals surface area contributed by atoms with Gasteiger partial charge in [-0.1, -0.05) is 13.3 Å². The molecule has 0 radical (unpaired) electrons. The van der Waals surface area contributed by atoms with Gasteiger partial charge in [0, 0.05) is 12.2 Å². The highest BCUT2D eigenvalue weighted by Gasteiger charge is 2.46. The summed E-state index contributed by atoms with van der Waals surface area (Å²) in [6, 6.07) is 0. The van der Waals surface area contributed by atoms with Crippen LogP contribution in [0, 0.1) is 5.41 Å². The number of Topliss-reactive ketones (excluding diaryl/α,β-unsaturated/α-hetero) is 1. The Morgan fingerprint density at radius 2 is 2.06 bits per heavy atom. The Morgan fingerprint density at radius 1 is 1.39 bits per heavy atom. The van der Waals surface area contributed by atoms with Gasteiger partial charge in [0.15, 0.2) is 0 Å². The zero-order chi connectivity index (χ0) is 13.8. The molecule has 0 aromatic rings. The van der Waals surface area contributed by atoms with E-state index in [2.05, 4.69) is 0 Å². The van der Waals surface area contributed by atoms with Crippen LogP contribution in [-0.2, 0) is 19.4 Å². The molecule has 0 aromatic heterocycles. The summed E-state index contributed by atoms with van der Waals surface area (Å²) < 4.78 is 22.7. The molecule has 1 fully saturated rings. The molecule has 0 aromatic carbocycles. The van der Waals surface area contributed by atoms with Gasteiger partial charge in [0.25, 0.3) is 0 Å². The maximum Gasteiger partial charge on any atom is 0.317 e. The van der Waals surface area contributed by atoms with E-state index in [1.807, 2.05) is 0 Å². The Kier molecular flexibility index (Phi) is 4.90. The molecule has 104 valence electrons. The quantitative estimate of drug-likeness (QED) is 0.741. The van der Waals surface area contributed by atoms with E-state index in [1.54, 1.807) is 6.92 Å². The summed E-state index contributed by atoms with van der Waals surface area (Å²) >= 11 is 0. The minimum Gasteiger partial charge on any atom is -0.480 e. The molecule has 0 heterocycles. The highest BCUT2D eigenvalue weighted by atomic mass is 32.2. The van der Waals surface area contributed by atoms with Gasteiger partial charge in [-0.2, -0.15) is 0 Å². The third kappa shape index (κ3) is 3.31. The molecule has 1 N–H and O–H groups in total. The van der Waals surface area contributed by atoms with Crippen LogP contribution in [0.5, 0.6) is 0 Å². The second kappa shape index (κ2) is 5.82. The first-order valence-corrected chi connectivity index (χ1v) is 8.13. The molecule has 1 atom stereocenters. The largest absolute Gasteiger partial charge is 0.480 e. The van der Waals surface area contributed by atoms with Gasteiger partial charge in [-0.05, 0) is 25.7 Å². The van der Waals surface area contributed by atoms with Crippen LogP contribution in [0.3, 0.4) is 0 Å². The van der Waals surface area contributed by atoms with E-state index >= 15 is 0 Å². The van der Waals surface area contributed by atoms with Crippen molar-refractivity contribution in [2.75, 3.05) is 11.5 Å². The summed E-state index contributed by atoms with van der Waals surface area (Å²) in [6.07, 6.45) is 2.48. The maximum atomic E-state index is 11.9. The molecule has 6 heteroatoms. The van der Waals surface area contributed by atoms with Gasteiger partial charge in [0.05, 0.1) is 5.75 Å². The lowest BCUT2D eigenvalue weighted by Crippen LogP contribution is -2.42. The minimum absolute atomic E-state index is 0.0359. The van der Waals surface area contributed by atoms with E-state index in [0.717, 1.165) is 12.8 Å². The Balaban J connectivity index is 2.70. The second-order valence-electron chi connectivity index (χ2n) is 4.86. The smallest absolute Gasteiger partial charge is 0.317 e. The molecule has 1 rings (SSSR count). The van der Waals surface area contributed by atoms with Crippen molar-refractivity contribution in [3.8, 4) is 0 Å². The van der Waals surface area contributed by atoms with E-state index in [0.29, 0.717) is 12.8 Å². The van der Waals surface area contributed by atoms with Crippen LogP contribution >= 0.6 is 0 Å². The van der Waals surface area contributed by atoms with Crippen LogP contribution in [-0.4, -0.2) is 36.8 Å². The van der Waals surface area contributed by atoms with E-state index < -0.39 is 21.2 Å². The topological polar surface area (TPSA) is 88.5 Å². The minimum atomic E-state index is -3.09. The van der Waals surface area contributed by atoms with Crippen molar-refractivity contribution in [2.45, 2.75) is 45.4 Å². The highest BCUT2D eigenvalue weighted by Crippen LogP contribution is 2.37. The van der Waals surface area contributed by atoms with Crippen LogP contribution in [0.15, 0.2) is 0 Å². The van der Waals surface area contributed by atoms with Crippen molar-refractivity contribution in [3.63, 3.8) is 0 Å². The lowest BCUT2D eigenvalue weighted by molar-refractivity contribution is -0.157. The molecule has 0 spiro atoms. The molecule has 0 saturated heterocycles. The fourth-order valence-electron chi connectivity index (χ4n) is 2.43. The number of hydrogen-bond donors (Lipinski definition) is 1. The number of carbonyl (C=O) groups is 2. The normalized spacial score (nSPS) is 25.1. The molecule has 5 nitrogen and oxygen atoms in total. The number of carbonyl (C=O) groups excluding carboxylic acids is 1. The number of sulfone groups is 1. The second-order valence-corrected chi connectivity index (χ2v) is 7.33. The van der Waals surface area contributed by atoms with Gasteiger partial charge in [0.1, 0.15) is 21.0 Å². The molecule has 1 saturated carbocycles. The van der Waals surface area contributed by atoms with E-state index in [4.69, 9.17) is 0 Å². The standard InChI is InChI=1S/C12H20O5S/c1-2-18(16,17)9-5-8-12(11(14)15)7-4-3-6-10(12)13/h2-9H2,1H3,(H,14,15). The summed E-state index contributed by atoms with van der Waals surface area (Å²) in [6.45, 7) is 1.56. The van der Waals surface area contributed by atoms with Crippen molar-refractivity contribution in [3.05, 3.63) is 0 Å². The van der Waals surface area contributed by atoms with Gasteiger partial charge < -0.3 is 5.11 Å². The number of rotatable bonds is 6. The zero-order valence-corrected chi connectivity index (χ0v) is 11.5. The summed E-state index contributed by atoms with van der Waals surface area (Å²) in [5, 5.41) is 9.28. The number of hydrogen-bond acceptors (Lipinski definition) is 4. The fourth-order valence-corrected chi connectivity index (χ4v) is 3.30. The molecular formula is C12H20O5S. The number of carboxylic acid groups (broad SMARTS) is 1. The lowest BCUT2D eigenvalue weighted by atomic mass is 9.70. The third-order valence-electron chi connectivity index (χ3n) is 3.70. The van der Waals surface area contributed by atoms with E-state index in [1.165, 1.54) is 0 Å². The van der Waals surface area contributed by atoms with Gasteiger partial charge in [-0.15, -0.1) is 0 Å². The van der Waals surface area contributed by atoms with Crippen LogP contribution in [0.4, 0.5) is 0 Å². The van der Waals surface area contributed by atoms with Crippen LogP contribution in [0.2, 0.25) is 0 Å². The van der Waals surface area contributed by atoms with Crippen molar-refractivity contribution in [2.24, 2.45) is 5.41 Å².